The van der Waals surface area contributed by atoms with Gasteiger partial charge in [0.05, 0.1) is 6.20 Å². The fourth-order valence-corrected chi connectivity index (χ4v) is 1.41. The molecular weight excluding hydrogens is 214 g/mol. The summed E-state index contributed by atoms with van der Waals surface area (Å²) in [6.45, 7) is 3.79. The van der Waals surface area contributed by atoms with E-state index in [9.17, 15) is 0 Å². The van der Waals surface area contributed by atoms with Gasteiger partial charge in [0.2, 0.25) is 0 Å². The van der Waals surface area contributed by atoms with Crippen LogP contribution in [0.5, 0.6) is 0 Å². The van der Waals surface area contributed by atoms with Crippen molar-refractivity contribution in [3.63, 3.8) is 0 Å². The van der Waals surface area contributed by atoms with Crippen LogP contribution in [-0.4, -0.2) is 19.7 Å². The van der Waals surface area contributed by atoms with Crippen LogP contribution in [-0.2, 0) is 0 Å². The number of nitrogens with two attached hydrogens (primary N) is 1. The molecule has 0 aromatic carbocycles. The molecule has 0 aliphatic rings. The van der Waals surface area contributed by atoms with Crippen molar-refractivity contribution in [1.29, 1.82) is 0 Å². The number of rotatable bonds is 1. The second-order valence-electron chi connectivity index (χ2n) is 3.26. The average Bonchev–Trinajstić information content (AvgIpc) is 2.45. The van der Waals surface area contributed by atoms with Gasteiger partial charge in [0.15, 0.2) is 5.82 Å². The van der Waals surface area contributed by atoms with E-state index in [1.54, 1.807) is 6.20 Å². The fraction of sp³-hybridized carbons (Fsp3) is 0.222. The Morgan fingerprint density at radius 3 is 2.33 bits per heavy atom. The third-order valence-corrected chi connectivity index (χ3v) is 2.16. The predicted molar refractivity (Wildman–Crippen MR) is 58.1 cm³/mol. The number of halogens is 1. The van der Waals surface area contributed by atoms with Crippen molar-refractivity contribution < 1.29 is 0 Å². The van der Waals surface area contributed by atoms with Gasteiger partial charge < -0.3 is 5.73 Å². The Hall–Kier alpha value is -1.62. The molecule has 15 heavy (non-hydrogen) atoms. The minimum atomic E-state index is 0.277. The zero-order chi connectivity index (χ0) is 11.0. The van der Waals surface area contributed by atoms with E-state index in [1.165, 1.54) is 4.68 Å². The normalized spacial score (nSPS) is 10.6. The Balaban J connectivity index is 2.53. The number of nitrogens with zero attached hydrogens (tertiary/aromatic N) is 4. The van der Waals surface area contributed by atoms with Crippen LogP contribution in [0.1, 0.15) is 11.4 Å². The molecule has 6 heteroatoms. The van der Waals surface area contributed by atoms with Crippen LogP contribution in [0.15, 0.2) is 12.3 Å². The van der Waals surface area contributed by atoms with Crippen molar-refractivity contribution in [2.75, 3.05) is 5.73 Å². The Morgan fingerprint density at radius 1 is 1.27 bits per heavy atom. The fourth-order valence-electron chi connectivity index (χ4n) is 1.28. The molecule has 5 nitrogen and oxygen atoms in total. The van der Waals surface area contributed by atoms with Crippen LogP contribution < -0.4 is 5.73 Å². The summed E-state index contributed by atoms with van der Waals surface area (Å²) in [5.41, 5.74) is 7.29. The summed E-state index contributed by atoms with van der Waals surface area (Å²) >= 11 is 5.79. The minimum absolute atomic E-state index is 0.277. The maximum Gasteiger partial charge on any atom is 0.251 e. The maximum absolute atomic E-state index is 5.79. The Kier molecular flexibility index (Phi) is 2.32. The molecule has 0 aliphatic heterocycles. The number of anilines is 1. The first kappa shape index (κ1) is 9.92. The zero-order valence-electron chi connectivity index (χ0n) is 8.40. The van der Waals surface area contributed by atoms with Gasteiger partial charge in [-0.1, -0.05) is 11.6 Å². The molecule has 2 rings (SSSR count). The van der Waals surface area contributed by atoms with Crippen molar-refractivity contribution >= 4 is 17.4 Å². The second-order valence-corrected chi connectivity index (χ2v) is 3.66. The third-order valence-electron chi connectivity index (χ3n) is 1.87. The highest BCUT2D eigenvalue weighted by Crippen LogP contribution is 2.17. The third kappa shape index (κ3) is 1.92. The van der Waals surface area contributed by atoms with Gasteiger partial charge in [0, 0.05) is 11.4 Å². The molecule has 0 radical (unpaired) electrons. The lowest BCUT2D eigenvalue weighted by atomic mass is 10.4. The zero-order valence-corrected chi connectivity index (χ0v) is 9.15. The van der Waals surface area contributed by atoms with Gasteiger partial charge in [-0.25, -0.2) is 14.6 Å². The summed E-state index contributed by atoms with van der Waals surface area (Å²) in [6, 6.07) is 1.89. The quantitative estimate of drug-likeness (QED) is 0.796. The molecule has 0 amide bonds. The number of hydrogen-bond donors (Lipinski definition) is 1. The highest BCUT2D eigenvalue weighted by Gasteiger charge is 2.07. The molecule has 0 fully saturated rings. The van der Waals surface area contributed by atoms with Gasteiger partial charge in [-0.05, 0) is 19.9 Å². The maximum atomic E-state index is 5.79. The Bertz CT molecular complexity index is 465. The molecular formula is C9H10ClN5. The van der Waals surface area contributed by atoms with Gasteiger partial charge >= 0.3 is 0 Å². The largest absolute Gasteiger partial charge is 0.381 e. The van der Waals surface area contributed by atoms with Crippen LogP contribution in [0, 0.1) is 13.8 Å². The van der Waals surface area contributed by atoms with Crippen molar-refractivity contribution in [3.05, 3.63) is 28.7 Å². The molecule has 2 aromatic heterocycles. The molecule has 0 saturated carbocycles. The van der Waals surface area contributed by atoms with Crippen LogP contribution in [0.25, 0.3) is 5.95 Å². The molecule has 0 bridgehead atoms. The predicted octanol–water partition coefficient (Wildman–Crippen LogP) is 1.51. The minimum Gasteiger partial charge on any atom is -0.381 e. The molecule has 0 spiro atoms. The second kappa shape index (κ2) is 3.51. The highest BCUT2D eigenvalue weighted by atomic mass is 35.5. The molecule has 2 N–H and O–H groups in total. The van der Waals surface area contributed by atoms with Gasteiger partial charge in [0.25, 0.3) is 5.95 Å². The number of aromatic nitrogens is 4. The summed E-state index contributed by atoms with van der Waals surface area (Å²) < 4.78 is 1.47. The smallest absolute Gasteiger partial charge is 0.251 e. The van der Waals surface area contributed by atoms with Gasteiger partial charge in [-0.2, -0.15) is 0 Å². The Labute approximate surface area is 91.9 Å². The van der Waals surface area contributed by atoms with Crippen molar-refractivity contribution in [2.45, 2.75) is 13.8 Å². The van der Waals surface area contributed by atoms with Crippen molar-refractivity contribution in [3.8, 4) is 5.95 Å². The van der Waals surface area contributed by atoms with E-state index in [-0.39, 0.29) is 5.82 Å². The number of aryl methyl sites for hydroxylation is 2. The van der Waals surface area contributed by atoms with E-state index in [1.807, 2.05) is 19.9 Å². The monoisotopic (exact) mass is 223 g/mol. The molecule has 0 atom stereocenters. The standard InChI is InChI=1S/C9H10ClN5/c1-5-3-6(2)13-9(12-5)15-4-7(10)8(11)14-15/h3-4H,1-2H3,(H2,11,14). The molecule has 0 saturated heterocycles. The van der Waals surface area contributed by atoms with E-state index in [4.69, 9.17) is 17.3 Å². The molecule has 0 unspecified atom stereocenters. The van der Waals surface area contributed by atoms with Gasteiger partial charge in [-0.15, -0.1) is 5.10 Å². The van der Waals surface area contributed by atoms with Gasteiger partial charge in [0.1, 0.15) is 5.02 Å². The van der Waals surface area contributed by atoms with E-state index in [0.29, 0.717) is 11.0 Å². The highest BCUT2D eigenvalue weighted by molar-refractivity contribution is 6.32. The summed E-state index contributed by atoms with van der Waals surface area (Å²) in [5.74, 6) is 0.755. The first-order valence-electron chi connectivity index (χ1n) is 4.39. The van der Waals surface area contributed by atoms with Gasteiger partial charge in [-0.3, -0.25) is 0 Å². The van der Waals surface area contributed by atoms with Crippen LogP contribution in [0.4, 0.5) is 5.82 Å². The van der Waals surface area contributed by atoms with Crippen LogP contribution in [0.2, 0.25) is 5.02 Å². The molecule has 0 aliphatic carbocycles. The number of hydrogen-bond acceptors (Lipinski definition) is 4. The van der Waals surface area contributed by atoms with E-state index in [2.05, 4.69) is 15.1 Å². The molecule has 2 heterocycles. The molecule has 78 valence electrons. The average molecular weight is 224 g/mol. The number of nitrogen functional groups attached to an aromatic ring is 1. The summed E-state index contributed by atoms with van der Waals surface area (Å²) in [6.07, 6.45) is 1.59. The van der Waals surface area contributed by atoms with Crippen LogP contribution in [0.3, 0.4) is 0 Å². The lowest BCUT2D eigenvalue weighted by Gasteiger charge is -2.01. The van der Waals surface area contributed by atoms with Crippen molar-refractivity contribution in [1.82, 2.24) is 19.7 Å². The summed E-state index contributed by atoms with van der Waals surface area (Å²) in [5, 5.41) is 4.40. The van der Waals surface area contributed by atoms with Crippen molar-refractivity contribution in [2.24, 2.45) is 0 Å². The SMILES string of the molecule is Cc1cc(C)nc(-n2cc(Cl)c(N)n2)n1. The van der Waals surface area contributed by atoms with E-state index in [0.717, 1.165) is 11.4 Å². The lowest BCUT2D eigenvalue weighted by Crippen LogP contribution is -2.04. The summed E-state index contributed by atoms with van der Waals surface area (Å²) in [7, 11) is 0. The topological polar surface area (TPSA) is 69.6 Å². The van der Waals surface area contributed by atoms with E-state index >= 15 is 0 Å². The lowest BCUT2D eigenvalue weighted by molar-refractivity contribution is 0.797. The molecule has 2 aromatic rings. The summed E-state index contributed by atoms with van der Waals surface area (Å²) in [4.78, 5) is 8.47. The first-order chi connectivity index (χ1) is 7.06. The van der Waals surface area contributed by atoms with E-state index < -0.39 is 0 Å². The van der Waals surface area contributed by atoms with Crippen LogP contribution >= 0.6 is 11.6 Å². The first-order valence-corrected chi connectivity index (χ1v) is 4.77. The Morgan fingerprint density at radius 2 is 1.87 bits per heavy atom.